The van der Waals surface area contributed by atoms with Crippen molar-refractivity contribution in [2.45, 2.75) is 33.1 Å². The van der Waals surface area contributed by atoms with Gasteiger partial charge < -0.3 is 4.74 Å². The molecule has 0 aromatic heterocycles. The standard InChI is InChI=1S/C17H22ClFN2O2S/c1-17(2)10-4-3-9(12(17)5-10)8-23-15-7-14(19)11(6-13(15)18)16(22)21-24-20/h6-7,9-10,12H,3-5,8,20H2,1-2H3,(H,21,22). The first kappa shape index (κ1) is 17.8. The zero-order valence-electron chi connectivity index (χ0n) is 13.8. The minimum atomic E-state index is -0.673. The molecule has 3 aliphatic carbocycles. The number of nitrogens with one attached hydrogen (secondary N) is 1. The summed E-state index contributed by atoms with van der Waals surface area (Å²) in [5, 5.41) is 5.39. The molecule has 0 heterocycles. The fourth-order valence-electron chi connectivity index (χ4n) is 4.28. The van der Waals surface area contributed by atoms with Crippen LogP contribution < -0.4 is 14.6 Å². The van der Waals surface area contributed by atoms with E-state index in [2.05, 4.69) is 18.6 Å². The quantitative estimate of drug-likeness (QED) is 0.761. The topological polar surface area (TPSA) is 64.3 Å². The maximum absolute atomic E-state index is 14.1. The van der Waals surface area contributed by atoms with Gasteiger partial charge in [0.25, 0.3) is 5.91 Å². The van der Waals surface area contributed by atoms with Gasteiger partial charge in [0, 0.05) is 18.2 Å². The summed E-state index contributed by atoms with van der Waals surface area (Å²) in [5.41, 5.74) is 0.231. The number of carbonyl (C=O) groups excluding carboxylic acids is 1. The van der Waals surface area contributed by atoms with Crippen molar-refractivity contribution in [3.8, 4) is 5.75 Å². The third kappa shape index (κ3) is 3.11. The Labute approximate surface area is 150 Å². The van der Waals surface area contributed by atoms with Gasteiger partial charge in [0.15, 0.2) is 0 Å². The van der Waals surface area contributed by atoms with Gasteiger partial charge in [-0.25, -0.2) is 4.39 Å². The van der Waals surface area contributed by atoms with Crippen molar-refractivity contribution in [3.63, 3.8) is 0 Å². The van der Waals surface area contributed by atoms with Crippen molar-refractivity contribution in [1.29, 1.82) is 0 Å². The third-order valence-corrected chi connectivity index (χ3v) is 6.47. The molecule has 7 heteroatoms. The van der Waals surface area contributed by atoms with Gasteiger partial charge in [0.05, 0.1) is 17.2 Å². The van der Waals surface area contributed by atoms with Crippen LogP contribution in [0.1, 0.15) is 43.5 Å². The molecular formula is C17H22ClFN2O2S. The molecule has 3 unspecified atom stereocenters. The monoisotopic (exact) mass is 372 g/mol. The van der Waals surface area contributed by atoms with Crippen LogP contribution in [0, 0.1) is 29.0 Å². The second kappa shape index (κ2) is 6.73. The van der Waals surface area contributed by atoms with Gasteiger partial charge in [0.1, 0.15) is 11.6 Å². The van der Waals surface area contributed by atoms with Crippen LogP contribution in [0.5, 0.6) is 5.75 Å². The normalized spacial score (nSPS) is 27.3. The highest BCUT2D eigenvalue weighted by Gasteiger charge is 2.54. The number of benzene rings is 1. The molecular weight excluding hydrogens is 351 g/mol. The Morgan fingerprint density at radius 2 is 2.25 bits per heavy atom. The zero-order valence-corrected chi connectivity index (χ0v) is 15.3. The number of nitrogens with two attached hydrogens (primary N) is 1. The summed E-state index contributed by atoms with van der Waals surface area (Å²) < 4.78 is 22.2. The van der Waals surface area contributed by atoms with Gasteiger partial charge >= 0.3 is 0 Å². The molecule has 4 nitrogen and oxygen atoms in total. The van der Waals surface area contributed by atoms with E-state index in [1.165, 1.54) is 25.0 Å². The SMILES string of the molecule is CC1(C)C2CCC(COc3cc(F)c(C(=O)NSN)cc3Cl)C1C2. The molecule has 1 amide bonds. The Kier molecular flexibility index (Phi) is 5.00. The van der Waals surface area contributed by atoms with Crippen LogP contribution in [0.3, 0.4) is 0 Å². The molecule has 2 bridgehead atoms. The number of hydrogen-bond acceptors (Lipinski definition) is 4. The second-order valence-corrected chi connectivity index (χ2v) is 8.17. The average molecular weight is 373 g/mol. The Balaban J connectivity index is 1.67. The minimum absolute atomic E-state index is 0.147. The van der Waals surface area contributed by atoms with Crippen LogP contribution in [0.25, 0.3) is 0 Å². The van der Waals surface area contributed by atoms with Gasteiger partial charge in [0.2, 0.25) is 0 Å². The van der Waals surface area contributed by atoms with E-state index in [0.29, 0.717) is 36.0 Å². The lowest BCUT2D eigenvalue weighted by molar-refractivity contribution is -0.114. The number of amides is 1. The summed E-state index contributed by atoms with van der Waals surface area (Å²) in [5.74, 6) is 0.951. The van der Waals surface area contributed by atoms with Gasteiger partial charge in [-0.15, -0.1) is 0 Å². The summed E-state index contributed by atoms with van der Waals surface area (Å²) >= 11 is 6.77. The van der Waals surface area contributed by atoms with Crippen molar-refractivity contribution in [2.75, 3.05) is 6.61 Å². The lowest BCUT2D eigenvalue weighted by atomic mass is 9.46. The van der Waals surface area contributed by atoms with E-state index >= 15 is 0 Å². The van der Waals surface area contributed by atoms with E-state index in [-0.39, 0.29) is 16.3 Å². The number of fused-ring (bicyclic) bond motifs is 2. The van der Waals surface area contributed by atoms with E-state index < -0.39 is 11.7 Å². The number of halogens is 2. The average Bonchev–Trinajstić information content (AvgIpc) is 2.55. The Hall–Kier alpha value is -0.980. The highest BCUT2D eigenvalue weighted by atomic mass is 35.5. The van der Waals surface area contributed by atoms with Gasteiger partial charge in [-0.05, 0) is 48.5 Å². The van der Waals surface area contributed by atoms with Gasteiger partial charge in [-0.1, -0.05) is 25.4 Å². The van der Waals surface area contributed by atoms with Crippen molar-refractivity contribution >= 4 is 29.6 Å². The summed E-state index contributed by atoms with van der Waals surface area (Å²) in [4.78, 5) is 11.7. The van der Waals surface area contributed by atoms with Gasteiger partial charge in [-0.2, -0.15) is 0 Å². The first-order valence-electron chi connectivity index (χ1n) is 8.12. The van der Waals surface area contributed by atoms with Crippen molar-refractivity contribution in [2.24, 2.45) is 28.3 Å². The van der Waals surface area contributed by atoms with Crippen LogP contribution >= 0.6 is 23.7 Å². The number of ether oxygens (including phenoxy) is 1. The molecule has 4 rings (SSSR count). The fraction of sp³-hybridized carbons (Fsp3) is 0.588. The lowest BCUT2D eigenvalue weighted by Crippen LogP contribution is -2.53. The molecule has 0 saturated heterocycles. The minimum Gasteiger partial charge on any atom is -0.492 e. The molecule has 24 heavy (non-hydrogen) atoms. The Morgan fingerprint density at radius 3 is 2.88 bits per heavy atom. The van der Waals surface area contributed by atoms with Crippen LogP contribution in [-0.2, 0) is 0 Å². The lowest BCUT2D eigenvalue weighted by Gasteiger charge is -2.60. The number of carbonyl (C=O) groups is 1. The van der Waals surface area contributed by atoms with Crippen LogP contribution in [0.2, 0.25) is 5.02 Å². The molecule has 3 N–H and O–H groups in total. The van der Waals surface area contributed by atoms with E-state index in [9.17, 15) is 9.18 Å². The fourth-order valence-corrected chi connectivity index (χ4v) is 4.72. The smallest absolute Gasteiger partial charge is 0.265 e. The molecule has 3 atom stereocenters. The van der Waals surface area contributed by atoms with Crippen molar-refractivity contribution < 1.29 is 13.9 Å². The number of rotatable bonds is 5. The first-order valence-corrected chi connectivity index (χ1v) is 9.38. The van der Waals surface area contributed by atoms with Gasteiger partial charge in [-0.3, -0.25) is 14.7 Å². The maximum Gasteiger partial charge on any atom is 0.265 e. The largest absolute Gasteiger partial charge is 0.492 e. The summed E-state index contributed by atoms with van der Waals surface area (Å²) in [7, 11) is 0. The Bertz CT molecular complexity index is 654. The zero-order chi connectivity index (χ0) is 17.5. The highest BCUT2D eigenvalue weighted by molar-refractivity contribution is 7.95. The molecule has 3 aliphatic rings. The summed E-state index contributed by atoms with van der Waals surface area (Å²) in [6.45, 7) is 5.19. The van der Waals surface area contributed by atoms with E-state index in [0.717, 1.165) is 12.3 Å². The predicted molar refractivity (Wildman–Crippen MR) is 94.3 cm³/mol. The second-order valence-electron chi connectivity index (χ2n) is 7.32. The molecule has 1 aromatic carbocycles. The summed E-state index contributed by atoms with van der Waals surface area (Å²) in [6, 6.07) is 2.46. The first-order chi connectivity index (χ1) is 11.3. The van der Waals surface area contributed by atoms with E-state index in [1.54, 1.807) is 0 Å². The maximum atomic E-state index is 14.1. The Morgan fingerprint density at radius 1 is 1.50 bits per heavy atom. The molecule has 0 aliphatic heterocycles. The summed E-state index contributed by atoms with van der Waals surface area (Å²) in [6.07, 6.45) is 3.64. The van der Waals surface area contributed by atoms with Crippen LogP contribution in [-0.4, -0.2) is 12.5 Å². The van der Waals surface area contributed by atoms with E-state index in [1.807, 2.05) is 0 Å². The predicted octanol–water partition coefficient (Wildman–Crippen LogP) is 4.18. The van der Waals surface area contributed by atoms with Crippen molar-refractivity contribution in [1.82, 2.24) is 4.72 Å². The van der Waals surface area contributed by atoms with Crippen molar-refractivity contribution in [3.05, 3.63) is 28.5 Å². The molecule has 132 valence electrons. The molecule has 3 saturated carbocycles. The highest BCUT2D eigenvalue weighted by Crippen LogP contribution is 2.61. The molecule has 1 aromatic rings. The molecule has 3 fully saturated rings. The van der Waals surface area contributed by atoms with Crippen LogP contribution in [0.4, 0.5) is 4.39 Å². The van der Waals surface area contributed by atoms with E-state index in [4.69, 9.17) is 21.5 Å². The molecule has 0 radical (unpaired) electrons. The molecule has 0 spiro atoms. The third-order valence-electron chi connectivity index (χ3n) is 5.87. The number of hydrogen-bond donors (Lipinski definition) is 2. The van der Waals surface area contributed by atoms with Crippen LogP contribution in [0.15, 0.2) is 12.1 Å².